The minimum absolute atomic E-state index is 0.137. The quantitative estimate of drug-likeness (QED) is 0.919. The summed E-state index contributed by atoms with van der Waals surface area (Å²) in [6, 6.07) is 2.11. The van der Waals surface area contributed by atoms with Gasteiger partial charge in [-0.3, -0.25) is 0 Å². The van der Waals surface area contributed by atoms with Crippen molar-refractivity contribution in [1.82, 2.24) is 5.32 Å². The summed E-state index contributed by atoms with van der Waals surface area (Å²) >= 11 is 5.05. The van der Waals surface area contributed by atoms with Crippen molar-refractivity contribution < 1.29 is 9.13 Å². The molecule has 1 fully saturated rings. The Hall–Kier alpha value is 0.0300. The topological polar surface area (TPSA) is 21.3 Å². The standard InChI is InChI=1S/C12H17BrFNOS/c1-12(14,6-9-8-16-4-3-15-9)7-11-10(13)2-5-17-11/h2,5,9,15H,3-4,6-8H2,1H3. The summed E-state index contributed by atoms with van der Waals surface area (Å²) in [6.07, 6.45) is 0.959. The molecule has 0 radical (unpaired) electrons. The van der Waals surface area contributed by atoms with Crippen molar-refractivity contribution >= 4 is 27.3 Å². The second-order valence-corrected chi connectivity index (χ2v) is 6.57. The number of hydrogen-bond donors (Lipinski definition) is 1. The van der Waals surface area contributed by atoms with Gasteiger partial charge in [-0.1, -0.05) is 0 Å². The Morgan fingerprint density at radius 1 is 1.71 bits per heavy atom. The highest BCUT2D eigenvalue weighted by molar-refractivity contribution is 9.10. The third-order valence-corrected chi connectivity index (χ3v) is 4.82. The Morgan fingerprint density at radius 2 is 2.53 bits per heavy atom. The van der Waals surface area contributed by atoms with Gasteiger partial charge in [-0.05, 0) is 40.7 Å². The minimum atomic E-state index is -1.19. The molecule has 1 saturated heterocycles. The van der Waals surface area contributed by atoms with Crippen LogP contribution in [0.2, 0.25) is 0 Å². The fourth-order valence-electron chi connectivity index (χ4n) is 2.12. The van der Waals surface area contributed by atoms with Crippen LogP contribution in [0.1, 0.15) is 18.2 Å². The SMILES string of the molecule is CC(F)(Cc1sccc1Br)CC1COCCN1. The van der Waals surface area contributed by atoms with Gasteiger partial charge in [0.1, 0.15) is 5.67 Å². The van der Waals surface area contributed by atoms with E-state index in [0.717, 1.165) is 22.5 Å². The van der Waals surface area contributed by atoms with Gasteiger partial charge in [0.15, 0.2) is 0 Å². The van der Waals surface area contributed by atoms with Gasteiger partial charge in [-0.25, -0.2) is 4.39 Å². The molecular weight excluding hydrogens is 305 g/mol. The van der Waals surface area contributed by atoms with Crippen LogP contribution in [0.3, 0.4) is 0 Å². The fraction of sp³-hybridized carbons (Fsp3) is 0.667. The number of halogens is 2. The molecule has 2 atom stereocenters. The predicted octanol–water partition coefficient (Wildman–Crippen LogP) is 3.16. The van der Waals surface area contributed by atoms with Gasteiger partial charge < -0.3 is 10.1 Å². The van der Waals surface area contributed by atoms with Crippen molar-refractivity contribution in [2.45, 2.75) is 31.5 Å². The van der Waals surface area contributed by atoms with Crippen molar-refractivity contribution in [1.29, 1.82) is 0 Å². The molecule has 0 aromatic carbocycles. The van der Waals surface area contributed by atoms with Crippen LogP contribution in [0.4, 0.5) is 4.39 Å². The van der Waals surface area contributed by atoms with E-state index in [-0.39, 0.29) is 6.04 Å². The van der Waals surface area contributed by atoms with E-state index in [1.807, 2.05) is 11.4 Å². The van der Waals surface area contributed by atoms with Crippen molar-refractivity contribution in [3.05, 3.63) is 20.8 Å². The van der Waals surface area contributed by atoms with Crippen molar-refractivity contribution in [3.63, 3.8) is 0 Å². The van der Waals surface area contributed by atoms with Crippen LogP contribution in [0, 0.1) is 0 Å². The fourth-order valence-corrected chi connectivity index (χ4v) is 3.78. The molecule has 1 aromatic rings. The number of morpholine rings is 1. The second-order valence-electron chi connectivity index (χ2n) is 4.71. The van der Waals surface area contributed by atoms with Crippen LogP contribution in [0.5, 0.6) is 0 Å². The first-order chi connectivity index (χ1) is 8.07. The Balaban J connectivity index is 1.91. The molecule has 17 heavy (non-hydrogen) atoms. The molecule has 1 aromatic heterocycles. The van der Waals surface area contributed by atoms with Gasteiger partial charge >= 0.3 is 0 Å². The van der Waals surface area contributed by atoms with Crippen LogP contribution in [0.25, 0.3) is 0 Å². The van der Waals surface area contributed by atoms with Crippen LogP contribution < -0.4 is 5.32 Å². The molecule has 0 amide bonds. The Morgan fingerprint density at radius 3 is 3.12 bits per heavy atom. The highest BCUT2D eigenvalue weighted by Gasteiger charge is 2.30. The highest BCUT2D eigenvalue weighted by Crippen LogP contribution is 2.31. The molecule has 96 valence electrons. The number of ether oxygens (including phenoxy) is 1. The molecule has 5 heteroatoms. The van der Waals surface area contributed by atoms with E-state index in [9.17, 15) is 4.39 Å². The summed E-state index contributed by atoms with van der Waals surface area (Å²) in [5, 5.41) is 5.28. The number of alkyl halides is 1. The van der Waals surface area contributed by atoms with Crippen LogP contribution in [-0.4, -0.2) is 31.5 Å². The zero-order valence-electron chi connectivity index (χ0n) is 9.84. The summed E-state index contributed by atoms with van der Waals surface area (Å²) in [7, 11) is 0. The van der Waals surface area contributed by atoms with E-state index < -0.39 is 5.67 Å². The van der Waals surface area contributed by atoms with E-state index >= 15 is 0 Å². The molecule has 1 aliphatic heterocycles. The molecule has 2 nitrogen and oxygen atoms in total. The molecule has 2 heterocycles. The lowest BCUT2D eigenvalue weighted by atomic mass is 9.94. The van der Waals surface area contributed by atoms with Crippen LogP contribution in [-0.2, 0) is 11.2 Å². The first kappa shape index (κ1) is 13.5. The number of hydrogen-bond acceptors (Lipinski definition) is 3. The van der Waals surface area contributed by atoms with E-state index in [4.69, 9.17) is 4.74 Å². The largest absolute Gasteiger partial charge is 0.379 e. The highest BCUT2D eigenvalue weighted by atomic mass is 79.9. The molecule has 0 saturated carbocycles. The van der Waals surface area contributed by atoms with Crippen molar-refractivity contribution in [3.8, 4) is 0 Å². The van der Waals surface area contributed by atoms with Gasteiger partial charge in [-0.2, -0.15) is 0 Å². The lowest BCUT2D eigenvalue weighted by Crippen LogP contribution is -2.45. The molecule has 2 rings (SSSR count). The minimum Gasteiger partial charge on any atom is -0.379 e. The number of rotatable bonds is 4. The van der Waals surface area contributed by atoms with Gasteiger partial charge in [0, 0.05) is 28.4 Å². The smallest absolute Gasteiger partial charge is 0.114 e. The first-order valence-electron chi connectivity index (χ1n) is 5.79. The first-order valence-corrected chi connectivity index (χ1v) is 7.46. The number of thiophene rings is 1. The third kappa shape index (κ3) is 4.02. The van der Waals surface area contributed by atoms with Crippen LogP contribution in [0.15, 0.2) is 15.9 Å². The summed E-state index contributed by atoms with van der Waals surface area (Å²) in [5.74, 6) is 0. The maximum atomic E-state index is 14.5. The molecule has 0 aliphatic carbocycles. The average molecular weight is 322 g/mol. The van der Waals surface area contributed by atoms with Gasteiger partial charge in [0.2, 0.25) is 0 Å². The van der Waals surface area contributed by atoms with E-state index in [0.29, 0.717) is 19.4 Å². The van der Waals surface area contributed by atoms with Crippen molar-refractivity contribution in [2.75, 3.05) is 19.8 Å². The summed E-state index contributed by atoms with van der Waals surface area (Å²) in [5.41, 5.74) is -1.19. The Labute approximate surface area is 114 Å². The third-order valence-electron chi connectivity index (χ3n) is 2.89. The molecule has 0 spiro atoms. The maximum absolute atomic E-state index is 14.5. The van der Waals surface area contributed by atoms with Crippen LogP contribution >= 0.6 is 27.3 Å². The summed E-state index contributed by atoms with van der Waals surface area (Å²) in [6.45, 7) is 3.85. The lowest BCUT2D eigenvalue weighted by Gasteiger charge is -2.29. The Kier molecular flexibility index (Phi) is 4.58. The zero-order valence-corrected chi connectivity index (χ0v) is 12.2. The monoisotopic (exact) mass is 321 g/mol. The average Bonchev–Trinajstić information content (AvgIpc) is 2.64. The molecule has 0 bridgehead atoms. The number of nitrogens with one attached hydrogen (secondary N) is 1. The molecular formula is C12H17BrFNOS. The lowest BCUT2D eigenvalue weighted by molar-refractivity contribution is 0.0485. The van der Waals surface area contributed by atoms with E-state index in [1.165, 1.54) is 0 Å². The van der Waals surface area contributed by atoms with E-state index in [2.05, 4.69) is 21.2 Å². The summed E-state index contributed by atoms with van der Waals surface area (Å²) < 4.78 is 20.9. The molecule has 2 unspecified atom stereocenters. The zero-order chi connectivity index (χ0) is 12.3. The Bertz CT molecular complexity index is 363. The van der Waals surface area contributed by atoms with Gasteiger partial charge in [0.25, 0.3) is 0 Å². The van der Waals surface area contributed by atoms with Gasteiger partial charge in [-0.15, -0.1) is 11.3 Å². The predicted molar refractivity (Wildman–Crippen MR) is 72.5 cm³/mol. The second kappa shape index (κ2) is 5.78. The molecule has 1 N–H and O–H groups in total. The normalized spacial score (nSPS) is 24.5. The molecule has 1 aliphatic rings. The maximum Gasteiger partial charge on any atom is 0.114 e. The summed E-state index contributed by atoms with van der Waals surface area (Å²) in [4.78, 5) is 1.08. The van der Waals surface area contributed by atoms with Crippen molar-refractivity contribution in [2.24, 2.45) is 0 Å². The van der Waals surface area contributed by atoms with Gasteiger partial charge in [0.05, 0.1) is 13.2 Å². The van der Waals surface area contributed by atoms with E-state index in [1.54, 1.807) is 18.3 Å².